The standard InChI is InChI=1S/C20H22O5/c1-13(2)23-18-8-6-5-7-17(18)20(22)25-16-11-9-15(10-12-16)19(21)24-14(3)4/h5-14H,1-4H3. The fourth-order valence-electron chi connectivity index (χ4n) is 2.10. The number of rotatable bonds is 6. The van der Waals surface area contributed by atoms with Gasteiger partial charge in [-0.25, -0.2) is 9.59 Å². The van der Waals surface area contributed by atoms with E-state index < -0.39 is 11.9 Å². The van der Waals surface area contributed by atoms with Crippen LogP contribution in [0.25, 0.3) is 0 Å². The molecule has 0 atom stereocenters. The molecule has 0 heterocycles. The lowest BCUT2D eigenvalue weighted by Gasteiger charge is -2.13. The van der Waals surface area contributed by atoms with Gasteiger partial charge in [0.1, 0.15) is 17.1 Å². The summed E-state index contributed by atoms with van der Waals surface area (Å²) < 4.78 is 16.1. The zero-order valence-electron chi connectivity index (χ0n) is 14.8. The molecule has 0 N–H and O–H groups in total. The predicted octanol–water partition coefficient (Wildman–Crippen LogP) is 4.26. The maximum absolute atomic E-state index is 12.4. The first kappa shape index (κ1) is 18.5. The van der Waals surface area contributed by atoms with Crippen LogP contribution in [0.1, 0.15) is 48.4 Å². The largest absolute Gasteiger partial charge is 0.490 e. The second-order valence-electron chi connectivity index (χ2n) is 6.03. The maximum atomic E-state index is 12.4. The van der Waals surface area contributed by atoms with E-state index in [1.54, 1.807) is 62.4 Å². The molecule has 0 saturated carbocycles. The molecule has 0 spiro atoms. The van der Waals surface area contributed by atoms with Gasteiger partial charge in [0.25, 0.3) is 0 Å². The van der Waals surface area contributed by atoms with Crippen molar-refractivity contribution in [1.29, 1.82) is 0 Å². The highest BCUT2D eigenvalue weighted by atomic mass is 16.5. The molecular weight excluding hydrogens is 320 g/mol. The average Bonchev–Trinajstić information content (AvgIpc) is 2.54. The molecule has 2 aromatic rings. The van der Waals surface area contributed by atoms with Gasteiger partial charge in [0.05, 0.1) is 17.8 Å². The monoisotopic (exact) mass is 342 g/mol. The van der Waals surface area contributed by atoms with Crippen LogP contribution in [0.15, 0.2) is 48.5 Å². The highest BCUT2D eigenvalue weighted by Gasteiger charge is 2.16. The Bertz CT molecular complexity index is 732. The lowest BCUT2D eigenvalue weighted by atomic mass is 10.2. The molecule has 0 amide bonds. The van der Waals surface area contributed by atoms with Crippen molar-refractivity contribution in [2.45, 2.75) is 39.9 Å². The summed E-state index contributed by atoms with van der Waals surface area (Å²) in [6, 6.07) is 13.1. The van der Waals surface area contributed by atoms with Gasteiger partial charge in [-0.2, -0.15) is 0 Å². The SMILES string of the molecule is CC(C)OC(=O)c1ccc(OC(=O)c2ccccc2OC(C)C)cc1. The summed E-state index contributed by atoms with van der Waals surface area (Å²) in [5.41, 5.74) is 0.747. The van der Waals surface area contributed by atoms with Crippen molar-refractivity contribution < 1.29 is 23.8 Å². The molecule has 0 aliphatic heterocycles. The van der Waals surface area contributed by atoms with E-state index in [0.29, 0.717) is 22.6 Å². The number of carbonyl (C=O) groups excluding carboxylic acids is 2. The molecule has 0 saturated heterocycles. The summed E-state index contributed by atoms with van der Waals surface area (Å²) in [6.45, 7) is 7.34. The molecule has 0 aromatic heterocycles. The summed E-state index contributed by atoms with van der Waals surface area (Å²) in [7, 11) is 0. The third-order valence-electron chi connectivity index (χ3n) is 3.11. The lowest BCUT2D eigenvalue weighted by molar-refractivity contribution is 0.0378. The maximum Gasteiger partial charge on any atom is 0.347 e. The molecule has 2 rings (SSSR count). The summed E-state index contributed by atoms with van der Waals surface area (Å²) in [6.07, 6.45) is -0.248. The first-order valence-electron chi connectivity index (χ1n) is 8.15. The lowest BCUT2D eigenvalue weighted by Crippen LogP contribution is -2.14. The van der Waals surface area contributed by atoms with Crippen LogP contribution in [0.3, 0.4) is 0 Å². The van der Waals surface area contributed by atoms with Gasteiger partial charge in [0.2, 0.25) is 0 Å². The van der Waals surface area contributed by atoms with Crippen LogP contribution in [0.5, 0.6) is 11.5 Å². The van der Waals surface area contributed by atoms with E-state index in [0.717, 1.165) is 0 Å². The van der Waals surface area contributed by atoms with Crippen LogP contribution in [-0.4, -0.2) is 24.1 Å². The van der Waals surface area contributed by atoms with E-state index in [2.05, 4.69) is 0 Å². The first-order valence-corrected chi connectivity index (χ1v) is 8.15. The van der Waals surface area contributed by atoms with Crippen LogP contribution >= 0.6 is 0 Å². The Morgan fingerprint density at radius 1 is 0.800 bits per heavy atom. The Morgan fingerprint density at radius 2 is 1.44 bits per heavy atom. The summed E-state index contributed by atoms with van der Waals surface area (Å²) in [4.78, 5) is 24.2. The zero-order valence-corrected chi connectivity index (χ0v) is 14.8. The fraction of sp³-hybridized carbons (Fsp3) is 0.300. The van der Waals surface area contributed by atoms with Crippen LogP contribution < -0.4 is 9.47 Å². The van der Waals surface area contributed by atoms with Crippen molar-refractivity contribution in [3.8, 4) is 11.5 Å². The van der Waals surface area contributed by atoms with Gasteiger partial charge in [-0.15, -0.1) is 0 Å². The third-order valence-corrected chi connectivity index (χ3v) is 3.11. The molecule has 0 bridgehead atoms. The van der Waals surface area contributed by atoms with Gasteiger partial charge < -0.3 is 14.2 Å². The Labute approximate surface area is 147 Å². The highest BCUT2D eigenvalue weighted by Crippen LogP contribution is 2.22. The molecule has 5 heteroatoms. The van der Waals surface area contributed by atoms with Gasteiger partial charge in [0.15, 0.2) is 0 Å². The number of hydrogen-bond acceptors (Lipinski definition) is 5. The van der Waals surface area contributed by atoms with Gasteiger partial charge >= 0.3 is 11.9 Å². The van der Waals surface area contributed by atoms with E-state index in [9.17, 15) is 9.59 Å². The van der Waals surface area contributed by atoms with Crippen LogP contribution in [0.2, 0.25) is 0 Å². The van der Waals surface area contributed by atoms with Crippen molar-refractivity contribution in [2.75, 3.05) is 0 Å². The average molecular weight is 342 g/mol. The van der Waals surface area contributed by atoms with E-state index in [-0.39, 0.29) is 12.2 Å². The van der Waals surface area contributed by atoms with Crippen LogP contribution in [0.4, 0.5) is 0 Å². The van der Waals surface area contributed by atoms with Gasteiger partial charge in [-0.3, -0.25) is 0 Å². The zero-order chi connectivity index (χ0) is 18.4. The second-order valence-corrected chi connectivity index (χ2v) is 6.03. The Hall–Kier alpha value is -2.82. The molecule has 0 aliphatic carbocycles. The molecular formula is C20H22O5. The number of para-hydroxylation sites is 1. The molecule has 5 nitrogen and oxygen atoms in total. The molecule has 0 radical (unpaired) electrons. The van der Waals surface area contributed by atoms with E-state index in [1.807, 2.05) is 13.8 Å². The van der Waals surface area contributed by atoms with Crippen molar-refractivity contribution in [3.63, 3.8) is 0 Å². The molecule has 0 fully saturated rings. The van der Waals surface area contributed by atoms with E-state index in [4.69, 9.17) is 14.2 Å². The number of carbonyl (C=O) groups is 2. The highest BCUT2D eigenvalue weighted by molar-refractivity contribution is 5.94. The van der Waals surface area contributed by atoms with Crippen molar-refractivity contribution in [2.24, 2.45) is 0 Å². The minimum atomic E-state index is -0.520. The van der Waals surface area contributed by atoms with Gasteiger partial charge in [-0.05, 0) is 64.1 Å². The topological polar surface area (TPSA) is 61.8 Å². The minimum Gasteiger partial charge on any atom is -0.490 e. The fourth-order valence-corrected chi connectivity index (χ4v) is 2.10. The Morgan fingerprint density at radius 3 is 2.04 bits per heavy atom. The predicted molar refractivity (Wildman–Crippen MR) is 94.2 cm³/mol. The summed E-state index contributed by atoms with van der Waals surface area (Å²) in [5, 5.41) is 0. The molecule has 0 aliphatic rings. The quantitative estimate of drug-likeness (QED) is 0.580. The van der Waals surface area contributed by atoms with Crippen molar-refractivity contribution >= 4 is 11.9 Å². The molecule has 0 unspecified atom stereocenters. The molecule has 25 heavy (non-hydrogen) atoms. The smallest absolute Gasteiger partial charge is 0.347 e. The number of ether oxygens (including phenoxy) is 3. The molecule has 132 valence electrons. The normalized spacial score (nSPS) is 10.6. The number of benzene rings is 2. The van der Waals surface area contributed by atoms with E-state index in [1.165, 1.54) is 0 Å². The summed E-state index contributed by atoms with van der Waals surface area (Å²) in [5.74, 6) is -0.123. The van der Waals surface area contributed by atoms with Crippen molar-refractivity contribution in [1.82, 2.24) is 0 Å². The Balaban J connectivity index is 2.10. The van der Waals surface area contributed by atoms with Crippen LogP contribution in [0, 0.1) is 0 Å². The minimum absolute atomic E-state index is 0.0554. The third kappa shape index (κ3) is 5.35. The van der Waals surface area contributed by atoms with Crippen LogP contribution in [-0.2, 0) is 4.74 Å². The van der Waals surface area contributed by atoms with Crippen molar-refractivity contribution in [3.05, 3.63) is 59.7 Å². The number of hydrogen-bond donors (Lipinski definition) is 0. The van der Waals surface area contributed by atoms with Gasteiger partial charge in [0, 0.05) is 0 Å². The first-order chi connectivity index (χ1) is 11.9. The van der Waals surface area contributed by atoms with E-state index >= 15 is 0 Å². The molecule has 2 aromatic carbocycles. The van der Waals surface area contributed by atoms with Gasteiger partial charge in [-0.1, -0.05) is 12.1 Å². The second kappa shape index (κ2) is 8.33. The summed E-state index contributed by atoms with van der Waals surface area (Å²) >= 11 is 0. The number of esters is 2. The Kier molecular flexibility index (Phi) is 6.17.